The highest BCUT2D eigenvalue weighted by Gasteiger charge is 2.34. The molecule has 7 nitrogen and oxygen atoms in total. The first kappa shape index (κ1) is 22.3. The fourth-order valence-corrected chi connectivity index (χ4v) is 4.55. The zero-order valence-corrected chi connectivity index (χ0v) is 15.8. The van der Waals surface area contributed by atoms with Crippen LogP contribution in [0.4, 0.5) is 4.39 Å². The summed E-state index contributed by atoms with van der Waals surface area (Å²) in [6.07, 6.45) is 2.37. The van der Waals surface area contributed by atoms with Crippen molar-refractivity contribution in [3.05, 3.63) is 29.6 Å². The summed E-state index contributed by atoms with van der Waals surface area (Å²) in [4.78, 5) is 11.5. The molecule has 1 fully saturated rings. The van der Waals surface area contributed by atoms with Gasteiger partial charge < -0.3 is 11.1 Å². The van der Waals surface area contributed by atoms with Crippen LogP contribution in [-0.4, -0.2) is 44.3 Å². The first-order valence-electron chi connectivity index (χ1n) is 8.08. The number of piperidine rings is 1. The molecule has 3 N–H and O–H groups in total. The van der Waals surface area contributed by atoms with Crippen LogP contribution in [0.3, 0.4) is 0 Å². The van der Waals surface area contributed by atoms with Gasteiger partial charge in [0.25, 0.3) is 0 Å². The zero-order valence-electron chi connectivity index (χ0n) is 14.2. The van der Waals surface area contributed by atoms with E-state index in [2.05, 4.69) is 5.32 Å². The Labute approximate surface area is 158 Å². The molecule has 0 saturated carbocycles. The maximum Gasteiger partial charge on any atom is 0.243 e. The number of rotatable bonds is 6. The minimum atomic E-state index is -3.88. The third-order valence-corrected chi connectivity index (χ3v) is 6.09. The van der Waals surface area contributed by atoms with Gasteiger partial charge in [0.05, 0.1) is 10.5 Å². The first-order chi connectivity index (χ1) is 11.9. The minimum Gasteiger partial charge on any atom is -0.354 e. The lowest BCUT2D eigenvalue weighted by Gasteiger charge is -2.34. The second-order valence-corrected chi connectivity index (χ2v) is 7.75. The summed E-state index contributed by atoms with van der Waals surface area (Å²) in [6.45, 7) is 0.744. The second kappa shape index (κ2) is 9.83. The molecular weight excluding hydrogens is 383 g/mol. The van der Waals surface area contributed by atoms with E-state index < -0.39 is 15.8 Å². The number of carbonyl (C=O) groups is 1. The molecule has 0 aromatic heterocycles. The molecular formula is C16H22ClFN4O3S. The van der Waals surface area contributed by atoms with Gasteiger partial charge in [-0.05, 0) is 31.0 Å². The van der Waals surface area contributed by atoms with E-state index in [0.29, 0.717) is 19.4 Å². The predicted octanol–water partition coefficient (Wildman–Crippen LogP) is 1.13. The van der Waals surface area contributed by atoms with Crippen LogP contribution in [0.5, 0.6) is 0 Å². The van der Waals surface area contributed by atoms with Gasteiger partial charge in [0, 0.05) is 32.1 Å². The van der Waals surface area contributed by atoms with E-state index in [1.54, 1.807) is 6.07 Å². The van der Waals surface area contributed by atoms with E-state index >= 15 is 0 Å². The molecule has 1 aliphatic heterocycles. The minimum absolute atomic E-state index is 0. The van der Waals surface area contributed by atoms with Crippen LogP contribution in [0.1, 0.15) is 31.2 Å². The number of nitrogens with zero attached hydrogens (tertiary/aromatic N) is 2. The molecule has 1 aromatic rings. The highest BCUT2D eigenvalue weighted by atomic mass is 35.5. The molecule has 0 spiro atoms. The number of hydrogen-bond acceptors (Lipinski definition) is 5. The van der Waals surface area contributed by atoms with Gasteiger partial charge in [0.15, 0.2) is 0 Å². The molecule has 0 bridgehead atoms. The number of nitrogens with one attached hydrogen (secondary N) is 1. The van der Waals surface area contributed by atoms with Crippen LogP contribution in [0, 0.1) is 17.1 Å². The Bertz CT molecular complexity index is 782. The highest BCUT2D eigenvalue weighted by molar-refractivity contribution is 7.89. The van der Waals surface area contributed by atoms with Crippen molar-refractivity contribution >= 4 is 28.3 Å². The molecule has 1 aromatic carbocycles. The lowest BCUT2D eigenvalue weighted by Crippen LogP contribution is -2.49. The van der Waals surface area contributed by atoms with Gasteiger partial charge in [0.1, 0.15) is 11.9 Å². The summed E-state index contributed by atoms with van der Waals surface area (Å²) in [5.41, 5.74) is 5.01. The van der Waals surface area contributed by atoms with E-state index in [1.807, 2.05) is 0 Å². The number of amides is 1. The molecule has 1 aliphatic rings. The third-order valence-electron chi connectivity index (χ3n) is 4.14. The molecule has 2 rings (SSSR count). The number of hydrogen-bond donors (Lipinski definition) is 2. The van der Waals surface area contributed by atoms with Gasteiger partial charge in [0.2, 0.25) is 15.9 Å². The quantitative estimate of drug-likeness (QED) is 0.737. The second-order valence-electron chi connectivity index (χ2n) is 5.86. The topological polar surface area (TPSA) is 116 Å². The van der Waals surface area contributed by atoms with E-state index in [-0.39, 0.29) is 54.3 Å². The van der Waals surface area contributed by atoms with Gasteiger partial charge in [-0.1, -0.05) is 6.42 Å². The third kappa shape index (κ3) is 5.14. The summed E-state index contributed by atoms with van der Waals surface area (Å²) in [5.74, 6) is -0.982. The summed E-state index contributed by atoms with van der Waals surface area (Å²) >= 11 is 0. The van der Waals surface area contributed by atoms with Crippen LogP contribution in [0.15, 0.2) is 23.1 Å². The molecule has 0 aliphatic carbocycles. The number of benzene rings is 1. The van der Waals surface area contributed by atoms with Crippen molar-refractivity contribution < 1.29 is 17.6 Å². The van der Waals surface area contributed by atoms with Crippen molar-refractivity contribution in [2.45, 2.75) is 36.6 Å². The van der Waals surface area contributed by atoms with Crippen molar-refractivity contribution in [3.63, 3.8) is 0 Å². The normalized spacial score (nSPS) is 17.8. The molecule has 1 heterocycles. The van der Waals surface area contributed by atoms with E-state index in [9.17, 15) is 17.6 Å². The van der Waals surface area contributed by atoms with Gasteiger partial charge in [-0.25, -0.2) is 12.8 Å². The number of halogens is 2. The van der Waals surface area contributed by atoms with Crippen LogP contribution >= 0.6 is 12.4 Å². The fraction of sp³-hybridized carbons (Fsp3) is 0.500. The number of nitriles is 1. The number of nitrogens with two attached hydrogens (primary N) is 1. The average Bonchev–Trinajstić information content (AvgIpc) is 2.60. The average molecular weight is 405 g/mol. The molecule has 1 saturated heterocycles. The Kier molecular flexibility index (Phi) is 8.43. The lowest BCUT2D eigenvalue weighted by molar-refractivity contribution is -0.121. The van der Waals surface area contributed by atoms with Crippen molar-refractivity contribution in [1.82, 2.24) is 9.62 Å². The van der Waals surface area contributed by atoms with E-state index in [0.717, 1.165) is 24.6 Å². The molecule has 1 unspecified atom stereocenters. The van der Waals surface area contributed by atoms with Crippen molar-refractivity contribution in [2.75, 3.05) is 19.6 Å². The largest absolute Gasteiger partial charge is 0.354 e. The Hall–Kier alpha value is -1.73. The van der Waals surface area contributed by atoms with Crippen LogP contribution in [0.2, 0.25) is 0 Å². The monoisotopic (exact) mass is 404 g/mol. The Balaban J connectivity index is 0.00000338. The Morgan fingerprint density at radius 3 is 2.81 bits per heavy atom. The van der Waals surface area contributed by atoms with Gasteiger partial charge >= 0.3 is 0 Å². The molecule has 144 valence electrons. The van der Waals surface area contributed by atoms with Gasteiger partial charge in [-0.15, -0.1) is 12.4 Å². The number of carbonyl (C=O) groups excluding carboxylic acids is 1. The summed E-state index contributed by atoms with van der Waals surface area (Å²) in [5, 5.41) is 11.6. The van der Waals surface area contributed by atoms with Gasteiger partial charge in [-0.3, -0.25) is 4.79 Å². The highest BCUT2D eigenvalue weighted by Crippen LogP contribution is 2.26. The van der Waals surface area contributed by atoms with Crippen LogP contribution in [-0.2, 0) is 14.8 Å². The fourth-order valence-electron chi connectivity index (χ4n) is 2.83. The van der Waals surface area contributed by atoms with Crippen molar-refractivity contribution in [3.8, 4) is 6.07 Å². The maximum atomic E-state index is 13.5. The standard InChI is InChI=1S/C16H21FN4O3S.ClH/c17-15-5-4-14(9-12(15)10-19)25(23,24)21-8-2-1-3-13(21)11-20-16(22)6-7-18;/h4-5,9,13H,1-3,6-8,11,18H2,(H,20,22);1H. The molecule has 10 heteroatoms. The Morgan fingerprint density at radius 2 is 2.15 bits per heavy atom. The molecule has 1 atom stereocenters. The molecule has 1 amide bonds. The zero-order chi connectivity index (χ0) is 18.4. The van der Waals surface area contributed by atoms with E-state index in [1.165, 1.54) is 4.31 Å². The number of sulfonamides is 1. The maximum absolute atomic E-state index is 13.5. The summed E-state index contributed by atoms with van der Waals surface area (Å²) in [7, 11) is -3.88. The Morgan fingerprint density at radius 1 is 1.42 bits per heavy atom. The van der Waals surface area contributed by atoms with Crippen LogP contribution in [0.25, 0.3) is 0 Å². The van der Waals surface area contributed by atoms with Gasteiger partial charge in [-0.2, -0.15) is 9.57 Å². The smallest absolute Gasteiger partial charge is 0.243 e. The summed E-state index contributed by atoms with van der Waals surface area (Å²) < 4.78 is 40.6. The predicted molar refractivity (Wildman–Crippen MR) is 96.6 cm³/mol. The van der Waals surface area contributed by atoms with Crippen LogP contribution < -0.4 is 11.1 Å². The van der Waals surface area contributed by atoms with Crippen molar-refractivity contribution in [2.24, 2.45) is 5.73 Å². The summed E-state index contributed by atoms with van der Waals surface area (Å²) in [6, 6.07) is 4.45. The van der Waals surface area contributed by atoms with Crippen molar-refractivity contribution in [1.29, 1.82) is 5.26 Å². The lowest BCUT2D eigenvalue weighted by atomic mass is 10.1. The SMILES string of the molecule is Cl.N#Cc1cc(S(=O)(=O)N2CCCCC2CNC(=O)CCN)ccc1F. The van der Waals surface area contributed by atoms with E-state index in [4.69, 9.17) is 11.0 Å². The molecule has 0 radical (unpaired) electrons. The first-order valence-corrected chi connectivity index (χ1v) is 9.52. The molecule has 26 heavy (non-hydrogen) atoms.